The lowest BCUT2D eigenvalue weighted by Crippen LogP contribution is -2.45. The van der Waals surface area contributed by atoms with Gasteiger partial charge in [-0.05, 0) is 44.5 Å². The second-order valence-corrected chi connectivity index (χ2v) is 10.5. The quantitative estimate of drug-likeness (QED) is 0.330. The molecule has 2 aromatic heterocycles. The largest absolute Gasteiger partial charge is 0.492 e. The Morgan fingerprint density at radius 3 is 2.53 bits per heavy atom. The Bertz CT molecular complexity index is 1410. The summed E-state index contributed by atoms with van der Waals surface area (Å²) >= 11 is 0. The van der Waals surface area contributed by atoms with Crippen LogP contribution in [-0.2, 0) is 6.54 Å². The highest BCUT2D eigenvalue weighted by Gasteiger charge is 2.41. The van der Waals surface area contributed by atoms with Gasteiger partial charge in [-0.15, -0.1) is 0 Å². The number of rotatable bonds is 9. The van der Waals surface area contributed by atoms with Crippen LogP contribution in [0.3, 0.4) is 0 Å². The molecule has 2 aromatic carbocycles. The molecule has 0 spiro atoms. The Morgan fingerprint density at radius 1 is 1.00 bits per heavy atom. The number of hydrogen-bond donors (Lipinski definition) is 0. The Hall–Kier alpha value is -3.56. The first-order valence-electron chi connectivity index (χ1n) is 13.3. The molecule has 0 amide bonds. The maximum Gasteiger partial charge on any atom is 0.245 e. The highest BCUT2D eigenvalue weighted by molar-refractivity contribution is 5.81. The van der Waals surface area contributed by atoms with Crippen LogP contribution >= 0.6 is 0 Å². The van der Waals surface area contributed by atoms with Crippen LogP contribution in [0.25, 0.3) is 22.6 Å². The summed E-state index contributed by atoms with van der Waals surface area (Å²) < 4.78 is 29.6. The lowest BCUT2D eigenvalue weighted by atomic mass is 10.1. The SMILES string of the molecule is CN1CCN(CCOc2ccc(-c3nc4c(OC5(C)CC5)ncnc4n3Cc3ccccc3)c(F)c2)CC1. The molecule has 3 heterocycles. The summed E-state index contributed by atoms with van der Waals surface area (Å²) in [6.45, 7) is 8.06. The third-order valence-electron chi connectivity index (χ3n) is 7.43. The molecule has 1 aliphatic carbocycles. The van der Waals surface area contributed by atoms with Crippen molar-refractivity contribution in [3.63, 3.8) is 0 Å². The minimum absolute atomic E-state index is 0.223. The van der Waals surface area contributed by atoms with Gasteiger partial charge in [-0.25, -0.2) is 14.4 Å². The fourth-order valence-electron chi connectivity index (χ4n) is 4.75. The van der Waals surface area contributed by atoms with Crippen molar-refractivity contribution in [1.82, 2.24) is 29.3 Å². The van der Waals surface area contributed by atoms with Gasteiger partial charge in [0.25, 0.3) is 0 Å². The molecule has 0 unspecified atom stereocenters. The average molecular weight is 517 g/mol. The molecule has 1 saturated heterocycles. The van der Waals surface area contributed by atoms with Gasteiger partial charge in [0, 0.05) is 38.8 Å². The van der Waals surface area contributed by atoms with E-state index in [0.29, 0.717) is 47.3 Å². The lowest BCUT2D eigenvalue weighted by Gasteiger charge is -2.32. The Morgan fingerprint density at radius 2 is 1.79 bits per heavy atom. The monoisotopic (exact) mass is 516 g/mol. The molecule has 0 radical (unpaired) electrons. The average Bonchev–Trinajstić information content (AvgIpc) is 3.54. The molecule has 1 aliphatic heterocycles. The fourth-order valence-corrected chi connectivity index (χ4v) is 4.75. The van der Waals surface area contributed by atoms with Gasteiger partial charge in [-0.3, -0.25) is 4.90 Å². The Labute approximate surface area is 222 Å². The molecule has 198 valence electrons. The van der Waals surface area contributed by atoms with Crippen molar-refractivity contribution >= 4 is 11.2 Å². The smallest absolute Gasteiger partial charge is 0.245 e. The number of fused-ring (bicyclic) bond motifs is 1. The van der Waals surface area contributed by atoms with E-state index in [0.717, 1.165) is 51.1 Å². The number of halogens is 1. The molecular weight excluding hydrogens is 483 g/mol. The van der Waals surface area contributed by atoms with Gasteiger partial charge in [0.15, 0.2) is 11.2 Å². The molecule has 4 aromatic rings. The second kappa shape index (κ2) is 10.3. The summed E-state index contributed by atoms with van der Waals surface area (Å²) in [6.07, 6.45) is 3.44. The third-order valence-corrected chi connectivity index (χ3v) is 7.43. The number of aromatic nitrogens is 4. The summed E-state index contributed by atoms with van der Waals surface area (Å²) in [4.78, 5) is 18.4. The van der Waals surface area contributed by atoms with Crippen molar-refractivity contribution in [1.29, 1.82) is 0 Å². The second-order valence-electron chi connectivity index (χ2n) is 10.5. The number of piperazine rings is 1. The molecule has 38 heavy (non-hydrogen) atoms. The van der Waals surface area contributed by atoms with E-state index in [-0.39, 0.29) is 5.60 Å². The summed E-state index contributed by atoms with van der Waals surface area (Å²) in [7, 11) is 2.14. The summed E-state index contributed by atoms with van der Waals surface area (Å²) in [6, 6.07) is 15.0. The molecule has 0 atom stereocenters. The zero-order valence-corrected chi connectivity index (χ0v) is 21.9. The van der Waals surface area contributed by atoms with Crippen LogP contribution in [0.2, 0.25) is 0 Å². The maximum atomic E-state index is 15.6. The topological polar surface area (TPSA) is 68.5 Å². The van der Waals surface area contributed by atoms with E-state index in [1.54, 1.807) is 6.07 Å². The van der Waals surface area contributed by atoms with E-state index < -0.39 is 5.82 Å². The maximum absolute atomic E-state index is 15.6. The third kappa shape index (κ3) is 5.35. The van der Waals surface area contributed by atoms with Gasteiger partial charge < -0.3 is 18.9 Å². The van der Waals surface area contributed by atoms with Gasteiger partial charge in [-0.1, -0.05) is 30.3 Å². The first-order chi connectivity index (χ1) is 18.5. The van der Waals surface area contributed by atoms with E-state index in [4.69, 9.17) is 14.5 Å². The molecule has 2 fully saturated rings. The van der Waals surface area contributed by atoms with Gasteiger partial charge in [0.05, 0.1) is 12.1 Å². The normalized spacial score (nSPS) is 17.6. The first-order valence-corrected chi connectivity index (χ1v) is 13.3. The van der Waals surface area contributed by atoms with Crippen LogP contribution in [-0.4, -0.2) is 81.3 Å². The van der Waals surface area contributed by atoms with Crippen molar-refractivity contribution in [2.24, 2.45) is 0 Å². The lowest BCUT2D eigenvalue weighted by molar-refractivity contribution is 0.133. The van der Waals surface area contributed by atoms with E-state index in [1.807, 2.05) is 41.0 Å². The zero-order chi connectivity index (χ0) is 26.1. The predicted molar refractivity (Wildman–Crippen MR) is 144 cm³/mol. The number of hydrogen-bond acceptors (Lipinski definition) is 7. The van der Waals surface area contributed by atoms with E-state index in [9.17, 15) is 0 Å². The van der Waals surface area contributed by atoms with Crippen LogP contribution in [0.4, 0.5) is 4.39 Å². The predicted octanol–water partition coefficient (Wildman–Crippen LogP) is 4.24. The van der Waals surface area contributed by atoms with Crippen molar-refractivity contribution in [2.45, 2.75) is 31.9 Å². The Balaban J connectivity index is 1.28. The number of nitrogens with zero attached hydrogens (tertiary/aromatic N) is 6. The number of likely N-dealkylation sites (N-methyl/N-ethyl adjacent to an activating group) is 1. The summed E-state index contributed by atoms with van der Waals surface area (Å²) in [5.74, 6) is 1.04. The first kappa shape index (κ1) is 24.8. The van der Waals surface area contributed by atoms with E-state index in [1.165, 1.54) is 12.4 Å². The molecule has 6 rings (SSSR count). The van der Waals surface area contributed by atoms with Gasteiger partial charge in [-0.2, -0.15) is 4.98 Å². The van der Waals surface area contributed by atoms with Gasteiger partial charge in [0.1, 0.15) is 35.9 Å². The molecular formula is C29H33FN6O2. The van der Waals surface area contributed by atoms with Crippen molar-refractivity contribution in [3.05, 3.63) is 66.2 Å². The number of imidazole rings is 1. The minimum atomic E-state index is -0.392. The summed E-state index contributed by atoms with van der Waals surface area (Å²) in [5.41, 5.74) is 2.38. The van der Waals surface area contributed by atoms with Crippen LogP contribution in [0.1, 0.15) is 25.3 Å². The van der Waals surface area contributed by atoms with Gasteiger partial charge >= 0.3 is 0 Å². The zero-order valence-electron chi connectivity index (χ0n) is 21.9. The van der Waals surface area contributed by atoms with Crippen LogP contribution in [0.15, 0.2) is 54.9 Å². The summed E-state index contributed by atoms with van der Waals surface area (Å²) in [5, 5.41) is 0. The molecule has 2 aliphatic rings. The molecule has 9 heteroatoms. The van der Waals surface area contributed by atoms with Crippen molar-refractivity contribution < 1.29 is 13.9 Å². The molecule has 0 N–H and O–H groups in total. The molecule has 0 bridgehead atoms. The number of benzene rings is 2. The van der Waals surface area contributed by atoms with Gasteiger partial charge in [0.2, 0.25) is 5.88 Å². The van der Waals surface area contributed by atoms with Crippen LogP contribution in [0, 0.1) is 5.82 Å². The Kier molecular flexibility index (Phi) is 6.71. The van der Waals surface area contributed by atoms with Crippen LogP contribution < -0.4 is 9.47 Å². The van der Waals surface area contributed by atoms with Crippen molar-refractivity contribution in [2.75, 3.05) is 46.4 Å². The van der Waals surface area contributed by atoms with Crippen LogP contribution in [0.5, 0.6) is 11.6 Å². The molecule has 1 saturated carbocycles. The van der Waals surface area contributed by atoms with Crippen molar-refractivity contribution in [3.8, 4) is 23.0 Å². The minimum Gasteiger partial charge on any atom is -0.492 e. The fraction of sp³-hybridized carbons (Fsp3) is 0.414. The highest BCUT2D eigenvalue weighted by Crippen LogP contribution is 2.41. The van der Waals surface area contributed by atoms with E-state index >= 15 is 4.39 Å². The molecule has 8 nitrogen and oxygen atoms in total. The standard InChI is InChI=1S/C29H33FN6O2/c1-29(10-11-29)38-28-25-27(31-20-32-28)36(19-21-6-4-3-5-7-21)26(33-25)23-9-8-22(18-24(23)30)37-17-16-35-14-12-34(2)13-15-35/h3-9,18,20H,10-17,19H2,1-2H3. The van der Waals surface area contributed by atoms with E-state index in [2.05, 4.69) is 33.7 Å². The number of ether oxygens (including phenoxy) is 2. The highest BCUT2D eigenvalue weighted by atomic mass is 19.1.